The van der Waals surface area contributed by atoms with Crippen molar-refractivity contribution >= 4 is 23.5 Å². The van der Waals surface area contributed by atoms with Crippen molar-refractivity contribution in [3.63, 3.8) is 0 Å². The summed E-state index contributed by atoms with van der Waals surface area (Å²) in [4.78, 5) is 38.1. The lowest BCUT2D eigenvalue weighted by molar-refractivity contribution is -0.139. The molecule has 0 aliphatic carbocycles. The minimum Gasteiger partial charge on any atom is -0.482 e. The van der Waals surface area contributed by atoms with E-state index in [9.17, 15) is 14.4 Å². The summed E-state index contributed by atoms with van der Waals surface area (Å²) < 4.78 is 5.15. The molecule has 0 spiro atoms. The van der Waals surface area contributed by atoms with Gasteiger partial charge in [-0.05, 0) is 44.0 Å². The molecule has 152 valence electrons. The predicted octanol–water partition coefficient (Wildman–Crippen LogP) is 3.03. The van der Waals surface area contributed by atoms with E-state index in [0.717, 1.165) is 6.42 Å². The first kappa shape index (κ1) is 20.4. The number of hydrogen-bond acceptors (Lipinski definition) is 4. The van der Waals surface area contributed by atoms with Gasteiger partial charge in [-0.2, -0.15) is 0 Å². The van der Waals surface area contributed by atoms with Crippen LogP contribution in [-0.2, 0) is 9.59 Å². The van der Waals surface area contributed by atoms with Crippen LogP contribution in [0.2, 0.25) is 0 Å². The number of carboxylic acids is 1. The third-order valence-electron chi connectivity index (χ3n) is 5.01. The Bertz CT molecular complexity index is 899. The monoisotopic (exact) mass is 396 g/mol. The number of amides is 2. The van der Waals surface area contributed by atoms with E-state index in [2.05, 4.69) is 5.32 Å². The lowest BCUT2D eigenvalue weighted by Crippen LogP contribution is -2.50. The van der Waals surface area contributed by atoms with Gasteiger partial charge in [-0.25, -0.2) is 4.79 Å². The largest absolute Gasteiger partial charge is 0.482 e. The first-order valence-corrected chi connectivity index (χ1v) is 9.48. The van der Waals surface area contributed by atoms with Crippen molar-refractivity contribution in [3.8, 4) is 5.75 Å². The van der Waals surface area contributed by atoms with Gasteiger partial charge in [0, 0.05) is 30.4 Å². The second kappa shape index (κ2) is 8.77. The van der Waals surface area contributed by atoms with E-state index in [1.54, 1.807) is 41.3 Å². The first-order valence-electron chi connectivity index (χ1n) is 9.48. The highest BCUT2D eigenvalue weighted by Gasteiger charge is 2.39. The van der Waals surface area contributed by atoms with E-state index >= 15 is 0 Å². The lowest BCUT2D eigenvalue weighted by Gasteiger charge is -2.39. The maximum absolute atomic E-state index is 13.0. The number of carboxylic acid groups (broad SMARTS) is 1. The Morgan fingerprint density at radius 3 is 2.62 bits per heavy atom. The van der Waals surface area contributed by atoms with Crippen LogP contribution < -0.4 is 10.1 Å². The molecule has 1 heterocycles. The first-order chi connectivity index (χ1) is 13.9. The molecule has 0 radical (unpaired) electrons. The summed E-state index contributed by atoms with van der Waals surface area (Å²) in [7, 11) is 0. The number of carbonyl (C=O) groups is 3. The molecule has 2 aromatic rings. The fourth-order valence-electron chi connectivity index (χ4n) is 3.45. The van der Waals surface area contributed by atoms with Crippen LogP contribution in [0, 0.1) is 5.41 Å². The average molecular weight is 396 g/mol. The Labute approximate surface area is 169 Å². The second-order valence-electron chi connectivity index (χ2n) is 7.42. The van der Waals surface area contributed by atoms with Crippen molar-refractivity contribution in [2.75, 3.05) is 25.0 Å². The van der Waals surface area contributed by atoms with Gasteiger partial charge >= 0.3 is 5.97 Å². The topological polar surface area (TPSA) is 95.9 Å². The summed E-state index contributed by atoms with van der Waals surface area (Å²) >= 11 is 0. The quantitative estimate of drug-likeness (QED) is 0.782. The van der Waals surface area contributed by atoms with Crippen LogP contribution in [0.4, 0.5) is 5.69 Å². The molecule has 1 aliphatic rings. The van der Waals surface area contributed by atoms with Gasteiger partial charge in [0.2, 0.25) is 5.91 Å². The highest BCUT2D eigenvalue weighted by molar-refractivity contribution is 5.97. The van der Waals surface area contributed by atoms with Crippen molar-refractivity contribution in [1.29, 1.82) is 0 Å². The standard InChI is InChI=1S/C22H24N2O5/c1-22(11-6-12-24(15-22)20(27)16-7-3-2-4-8-16)21(28)23-17-9-5-10-18(13-17)29-14-19(25)26/h2-5,7-10,13H,6,11-12,14-15H2,1H3,(H,23,28)(H,25,26). The Morgan fingerprint density at radius 2 is 1.90 bits per heavy atom. The molecule has 2 N–H and O–H groups in total. The average Bonchev–Trinajstić information content (AvgIpc) is 2.72. The Hall–Kier alpha value is -3.35. The fourth-order valence-corrected chi connectivity index (χ4v) is 3.45. The zero-order chi connectivity index (χ0) is 20.9. The predicted molar refractivity (Wildman–Crippen MR) is 108 cm³/mol. The van der Waals surface area contributed by atoms with E-state index in [0.29, 0.717) is 36.5 Å². The van der Waals surface area contributed by atoms with E-state index < -0.39 is 18.0 Å². The molecular weight excluding hydrogens is 372 g/mol. The lowest BCUT2D eigenvalue weighted by atomic mass is 9.80. The molecule has 7 nitrogen and oxygen atoms in total. The van der Waals surface area contributed by atoms with Crippen molar-refractivity contribution in [1.82, 2.24) is 4.90 Å². The Morgan fingerprint density at radius 1 is 1.14 bits per heavy atom. The summed E-state index contributed by atoms with van der Waals surface area (Å²) in [6.45, 7) is 2.36. The molecule has 1 unspecified atom stereocenters. The van der Waals surface area contributed by atoms with Crippen LogP contribution in [0.5, 0.6) is 5.75 Å². The van der Waals surface area contributed by atoms with E-state index in [1.807, 2.05) is 25.1 Å². The summed E-state index contributed by atoms with van der Waals surface area (Å²) in [5.74, 6) is -0.968. The van der Waals surface area contributed by atoms with Crippen molar-refractivity contribution in [2.24, 2.45) is 5.41 Å². The molecule has 1 atom stereocenters. The molecule has 2 aromatic carbocycles. The van der Waals surface area contributed by atoms with E-state index in [-0.39, 0.29) is 11.8 Å². The molecule has 1 aliphatic heterocycles. The van der Waals surface area contributed by atoms with Gasteiger partial charge in [0.1, 0.15) is 5.75 Å². The third-order valence-corrected chi connectivity index (χ3v) is 5.01. The maximum Gasteiger partial charge on any atom is 0.341 e. The SMILES string of the molecule is CC1(C(=O)Nc2cccc(OCC(=O)O)c2)CCCN(C(=O)c2ccccc2)C1. The fraction of sp³-hybridized carbons (Fsp3) is 0.318. The second-order valence-corrected chi connectivity index (χ2v) is 7.42. The van der Waals surface area contributed by atoms with Crippen LogP contribution in [0.25, 0.3) is 0 Å². The molecule has 29 heavy (non-hydrogen) atoms. The summed E-state index contributed by atoms with van der Waals surface area (Å²) in [6, 6.07) is 15.7. The van der Waals surface area contributed by atoms with Gasteiger partial charge in [-0.3, -0.25) is 9.59 Å². The third kappa shape index (κ3) is 5.13. The molecule has 0 saturated carbocycles. The number of anilines is 1. The van der Waals surface area contributed by atoms with Crippen molar-refractivity contribution in [3.05, 3.63) is 60.2 Å². The summed E-state index contributed by atoms with van der Waals surface area (Å²) in [5, 5.41) is 11.6. The molecule has 7 heteroatoms. The number of aliphatic carboxylic acids is 1. The number of ether oxygens (including phenoxy) is 1. The maximum atomic E-state index is 13.0. The minimum atomic E-state index is -1.07. The number of hydrogen-bond donors (Lipinski definition) is 2. The zero-order valence-electron chi connectivity index (χ0n) is 16.3. The van der Waals surface area contributed by atoms with Crippen molar-refractivity contribution in [2.45, 2.75) is 19.8 Å². The number of benzene rings is 2. The Balaban J connectivity index is 1.67. The van der Waals surface area contributed by atoms with Crippen LogP contribution in [0.3, 0.4) is 0 Å². The van der Waals surface area contributed by atoms with Crippen molar-refractivity contribution < 1.29 is 24.2 Å². The normalized spacial score (nSPS) is 18.7. The number of carbonyl (C=O) groups excluding carboxylic acids is 2. The Kier molecular flexibility index (Phi) is 6.16. The number of rotatable bonds is 6. The minimum absolute atomic E-state index is 0.0756. The van der Waals surface area contributed by atoms with Gasteiger partial charge < -0.3 is 20.1 Å². The van der Waals surface area contributed by atoms with E-state index in [1.165, 1.54) is 0 Å². The van der Waals surface area contributed by atoms with Gasteiger partial charge in [0.25, 0.3) is 5.91 Å². The zero-order valence-corrected chi connectivity index (χ0v) is 16.3. The summed E-state index contributed by atoms with van der Waals surface area (Å²) in [6.07, 6.45) is 1.41. The molecule has 0 bridgehead atoms. The molecule has 1 fully saturated rings. The number of nitrogens with one attached hydrogen (secondary N) is 1. The molecule has 0 aromatic heterocycles. The number of nitrogens with zero attached hydrogens (tertiary/aromatic N) is 1. The highest BCUT2D eigenvalue weighted by atomic mass is 16.5. The molecule has 2 amide bonds. The van der Waals surface area contributed by atoms with E-state index in [4.69, 9.17) is 9.84 Å². The number of likely N-dealkylation sites (tertiary alicyclic amines) is 1. The summed E-state index contributed by atoms with van der Waals surface area (Å²) in [5.41, 5.74) is 0.409. The van der Waals surface area contributed by atoms with Gasteiger partial charge in [-0.15, -0.1) is 0 Å². The van der Waals surface area contributed by atoms with Crippen LogP contribution in [-0.4, -0.2) is 47.5 Å². The molecule has 3 rings (SSSR count). The highest BCUT2D eigenvalue weighted by Crippen LogP contribution is 2.32. The smallest absolute Gasteiger partial charge is 0.341 e. The molecule has 1 saturated heterocycles. The van der Waals surface area contributed by atoms with Gasteiger partial charge in [-0.1, -0.05) is 24.3 Å². The van der Waals surface area contributed by atoms with Crippen LogP contribution >= 0.6 is 0 Å². The van der Waals surface area contributed by atoms with Crippen LogP contribution in [0.15, 0.2) is 54.6 Å². The number of piperidine rings is 1. The van der Waals surface area contributed by atoms with Gasteiger partial charge in [0.05, 0.1) is 5.41 Å². The van der Waals surface area contributed by atoms with Crippen LogP contribution in [0.1, 0.15) is 30.1 Å². The molecular formula is C22H24N2O5. The van der Waals surface area contributed by atoms with Gasteiger partial charge in [0.15, 0.2) is 6.61 Å².